The Hall–Kier alpha value is -4.33. The predicted octanol–water partition coefficient (Wildman–Crippen LogP) is 4.91. The van der Waals surface area contributed by atoms with E-state index < -0.39 is 10.8 Å². The average molecular weight is 444 g/mol. The lowest BCUT2D eigenvalue weighted by Gasteiger charge is -2.19. The van der Waals surface area contributed by atoms with Gasteiger partial charge in [-0.2, -0.15) is 5.10 Å². The monoisotopic (exact) mass is 444 g/mol. The number of nitro groups is 1. The van der Waals surface area contributed by atoms with E-state index in [4.69, 9.17) is 0 Å². The normalized spacial score (nSPS) is 11.2. The van der Waals surface area contributed by atoms with Gasteiger partial charge in [0.15, 0.2) is 0 Å². The van der Waals surface area contributed by atoms with Crippen molar-refractivity contribution in [3.8, 4) is 0 Å². The molecular weight excluding hydrogens is 420 g/mol. The van der Waals surface area contributed by atoms with E-state index in [1.807, 2.05) is 12.1 Å². The third kappa shape index (κ3) is 6.33. The van der Waals surface area contributed by atoms with Crippen LogP contribution in [-0.4, -0.2) is 23.0 Å². The number of nitro benzene ring substituents is 1. The molecule has 33 heavy (non-hydrogen) atoms. The topological polar surface area (TPSA) is 114 Å². The van der Waals surface area contributed by atoms with Crippen LogP contribution >= 0.6 is 0 Å². The molecule has 8 nitrogen and oxygen atoms in total. The van der Waals surface area contributed by atoms with E-state index in [1.165, 1.54) is 24.4 Å². The number of hydrogen-bond acceptors (Lipinski definition) is 5. The molecule has 0 saturated heterocycles. The molecule has 0 heterocycles. The van der Waals surface area contributed by atoms with Gasteiger partial charge in [-0.05, 0) is 47.4 Å². The Kier molecular flexibility index (Phi) is 6.97. The first-order chi connectivity index (χ1) is 15.6. The standard InChI is InChI=1S/C25H24N4O4/c1-25(2,3)20-11-7-18(8-12-20)23(30)27-21-13-9-19(10-14-21)24(31)28-26-16-17-5-4-6-22(15-17)29(32)33/h4-16H,1-3H3,(H,27,30)(H,28,31). The second-order valence-corrected chi connectivity index (χ2v) is 8.41. The van der Waals surface area contributed by atoms with Crippen LogP contribution in [0.1, 0.15) is 52.6 Å². The summed E-state index contributed by atoms with van der Waals surface area (Å²) in [7, 11) is 0. The average Bonchev–Trinajstić information content (AvgIpc) is 2.79. The van der Waals surface area contributed by atoms with Crippen molar-refractivity contribution < 1.29 is 14.5 Å². The van der Waals surface area contributed by atoms with Gasteiger partial charge < -0.3 is 5.32 Å². The van der Waals surface area contributed by atoms with Gasteiger partial charge in [0.2, 0.25) is 0 Å². The molecule has 0 bridgehead atoms. The number of benzene rings is 3. The lowest BCUT2D eigenvalue weighted by atomic mass is 9.87. The van der Waals surface area contributed by atoms with Gasteiger partial charge in [-0.15, -0.1) is 0 Å². The number of non-ortho nitro benzene ring substituents is 1. The summed E-state index contributed by atoms with van der Waals surface area (Å²) < 4.78 is 0. The molecule has 0 aliphatic rings. The summed E-state index contributed by atoms with van der Waals surface area (Å²) in [5, 5.41) is 17.5. The molecule has 8 heteroatoms. The number of rotatable bonds is 6. The highest BCUT2D eigenvalue weighted by atomic mass is 16.6. The lowest BCUT2D eigenvalue weighted by Crippen LogP contribution is -2.18. The van der Waals surface area contributed by atoms with Gasteiger partial charge in [0, 0.05) is 34.5 Å². The Bertz CT molecular complexity index is 1190. The third-order valence-electron chi connectivity index (χ3n) is 4.88. The Morgan fingerprint density at radius 2 is 1.52 bits per heavy atom. The van der Waals surface area contributed by atoms with E-state index in [0.29, 0.717) is 22.4 Å². The summed E-state index contributed by atoms with van der Waals surface area (Å²) in [6, 6.07) is 19.7. The Morgan fingerprint density at radius 3 is 2.12 bits per heavy atom. The molecular formula is C25H24N4O4. The number of amides is 2. The SMILES string of the molecule is CC(C)(C)c1ccc(C(=O)Nc2ccc(C(=O)NN=Cc3cccc([N+](=O)[O-])c3)cc2)cc1. The Balaban J connectivity index is 1.58. The van der Waals surface area contributed by atoms with Crippen molar-refractivity contribution in [1.82, 2.24) is 5.43 Å². The molecule has 168 valence electrons. The maximum Gasteiger partial charge on any atom is 0.271 e. The van der Waals surface area contributed by atoms with Gasteiger partial charge in [-0.1, -0.05) is 45.0 Å². The predicted molar refractivity (Wildman–Crippen MR) is 128 cm³/mol. The maximum atomic E-state index is 12.5. The van der Waals surface area contributed by atoms with Gasteiger partial charge in [-0.25, -0.2) is 5.43 Å². The van der Waals surface area contributed by atoms with E-state index in [-0.39, 0.29) is 17.0 Å². The van der Waals surface area contributed by atoms with Crippen molar-refractivity contribution in [3.05, 3.63) is 105 Å². The van der Waals surface area contributed by atoms with E-state index in [9.17, 15) is 19.7 Å². The fraction of sp³-hybridized carbons (Fsp3) is 0.160. The molecule has 0 radical (unpaired) electrons. The number of hydrazone groups is 1. The fourth-order valence-electron chi connectivity index (χ4n) is 2.98. The zero-order valence-electron chi connectivity index (χ0n) is 18.5. The zero-order chi connectivity index (χ0) is 24.0. The fourth-order valence-corrected chi connectivity index (χ4v) is 2.98. The molecule has 3 aromatic carbocycles. The van der Waals surface area contributed by atoms with Crippen molar-refractivity contribution in [2.45, 2.75) is 26.2 Å². The van der Waals surface area contributed by atoms with E-state index in [2.05, 4.69) is 36.6 Å². The maximum absolute atomic E-state index is 12.5. The van der Waals surface area contributed by atoms with E-state index >= 15 is 0 Å². The van der Waals surface area contributed by atoms with Crippen molar-refractivity contribution in [2.24, 2.45) is 5.10 Å². The third-order valence-corrected chi connectivity index (χ3v) is 4.88. The molecule has 0 saturated carbocycles. The largest absolute Gasteiger partial charge is 0.322 e. The van der Waals surface area contributed by atoms with E-state index in [1.54, 1.807) is 42.5 Å². The first-order valence-corrected chi connectivity index (χ1v) is 10.2. The Morgan fingerprint density at radius 1 is 0.909 bits per heavy atom. The quantitative estimate of drug-likeness (QED) is 0.319. The van der Waals surface area contributed by atoms with Crippen LogP contribution in [0.4, 0.5) is 11.4 Å². The summed E-state index contributed by atoms with van der Waals surface area (Å²) in [5.41, 5.74) is 5.39. The van der Waals surface area contributed by atoms with Gasteiger partial charge in [-0.3, -0.25) is 19.7 Å². The second kappa shape index (κ2) is 9.86. The summed E-state index contributed by atoms with van der Waals surface area (Å²) in [6.45, 7) is 6.33. The van der Waals surface area contributed by atoms with Crippen LogP contribution in [0.2, 0.25) is 0 Å². The number of carbonyl (C=O) groups excluding carboxylic acids is 2. The molecule has 3 aromatic rings. The number of hydrogen-bond donors (Lipinski definition) is 2. The summed E-state index contributed by atoms with van der Waals surface area (Å²) in [4.78, 5) is 35.0. The molecule has 0 fully saturated rings. The first kappa shape index (κ1) is 23.3. The van der Waals surface area contributed by atoms with Gasteiger partial charge in [0.25, 0.3) is 17.5 Å². The van der Waals surface area contributed by atoms with Gasteiger partial charge in [0.1, 0.15) is 0 Å². The highest BCUT2D eigenvalue weighted by Crippen LogP contribution is 2.22. The van der Waals surface area contributed by atoms with Crippen LogP contribution in [0, 0.1) is 10.1 Å². The first-order valence-electron chi connectivity index (χ1n) is 10.2. The minimum Gasteiger partial charge on any atom is -0.322 e. The number of nitrogens with one attached hydrogen (secondary N) is 2. The molecule has 0 spiro atoms. The van der Waals surface area contributed by atoms with Crippen molar-refractivity contribution in [3.63, 3.8) is 0 Å². The molecule has 0 aliphatic heterocycles. The molecule has 2 N–H and O–H groups in total. The lowest BCUT2D eigenvalue weighted by molar-refractivity contribution is -0.384. The number of carbonyl (C=O) groups is 2. The van der Waals surface area contributed by atoms with Crippen molar-refractivity contribution in [1.29, 1.82) is 0 Å². The van der Waals surface area contributed by atoms with Crippen LogP contribution in [-0.2, 0) is 5.41 Å². The van der Waals surface area contributed by atoms with Crippen LogP contribution in [0.15, 0.2) is 77.9 Å². The van der Waals surface area contributed by atoms with E-state index in [0.717, 1.165) is 5.56 Å². The van der Waals surface area contributed by atoms with Crippen LogP contribution in [0.25, 0.3) is 0 Å². The summed E-state index contributed by atoms with van der Waals surface area (Å²) in [6.07, 6.45) is 1.32. The molecule has 0 aromatic heterocycles. The molecule has 0 atom stereocenters. The minimum absolute atomic E-state index is 0.00845. The van der Waals surface area contributed by atoms with Crippen LogP contribution in [0.5, 0.6) is 0 Å². The highest BCUT2D eigenvalue weighted by molar-refractivity contribution is 6.04. The smallest absolute Gasteiger partial charge is 0.271 e. The molecule has 3 rings (SSSR count). The minimum atomic E-state index is -0.503. The number of nitrogens with zero attached hydrogens (tertiary/aromatic N) is 2. The molecule has 2 amide bonds. The molecule has 0 unspecified atom stereocenters. The highest BCUT2D eigenvalue weighted by Gasteiger charge is 2.14. The van der Waals surface area contributed by atoms with Crippen molar-refractivity contribution in [2.75, 3.05) is 5.32 Å². The molecule has 0 aliphatic carbocycles. The van der Waals surface area contributed by atoms with Gasteiger partial charge >= 0.3 is 0 Å². The van der Waals surface area contributed by atoms with Gasteiger partial charge in [0.05, 0.1) is 11.1 Å². The number of anilines is 1. The second-order valence-electron chi connectivity index (χ2n) is 8.41. The summed E-state index contributed by atoms with van der Waals surface area (Å²) >= 11 is 0. The van der Waals surface area contributed by atoms with Crippen LogP contribution in [0.3, 0.4) is 0 Å². The Labute approximate surface area is 191 Å². The van der Waals surface area contributed by atoms with Crippen LogP contribution < -0.4 is 10.7 Å². The zero-order valence-corrected chi connectivity index (χ0v) is 18.5. The summed E-state index contributed by atoms with van der Waals surface area (Å²) in [5.74, 6) is -0.693. The van der Waals surface area contributed by atoms with Crippen molar-refractivity contribution >= 4 is 29.4 Å².